The first-order valence-corrected chi connectivity index (χ1v) is 6.68. The van der Waals surface area contributed by atoms with Crippen molar-refractivity contribution in [3.63, 3.8) is 0 Å². The molecule has 0 aromatic carbocycles. The van der Waals surface area contributed by atoms with Crippen LogP contribution in [0.4, 0.5) is 0 Å². The maximum Gasteiger partial charge on any atom is 0.330 e. The fraction of sp³-hybridized carbons (Fsp3) is 0.714. The molecule has 0 aromatic rings. The van der Waals surface area contributed by atoms with Gasteiger partial charge in [-0.05, 0) is 12.8 Å². The Labute approximate surface area is 114 Å². The maximum absolute atomic E-state index is 11.7. The molecule has 0 saturated carbocycles. The number of aliphatic hydroxyl groups is 1. The molecule has 19 heavy (non-hydrogen) atoms. The highest BCUT2D eigenvalue weighted by Crippen LogP contribution is 2.12. The molecule has 2 unspecified atom stereocenters. The lowest BCUT2D eigenvalue weighted by Crippen LogP contribution is -2.22. The lowest BCUT2D eigenvalue weighted by Gasteiger charge is -2.14. The Morgan fingerprint density at radius 1 is 1.26 bits per heavy atom. The first-order valence-electron chi connectivity index (χ1n) is 6.68. The van der Waals surface area contributed by atoms with E-state index in [1.807, 2.05) is 13.8 Å². The zero-order chi connectivity index (χ0) is 14.7. The van der Waals surface area contributed by atoms with Crippen molar-refractivity contribution in [2.45, 2.75) is 45.6 Å². The van der Waals surface area contributed by atoms with E-state index in [-0.39, 0.29) is 31.5 Å². The minimum Gasteiger partial charge on any atom is -0.465 e. The van der Waals surface area contributed by atoms with Gasteiger partial charge in [0.2, 0.25) is 0 Å². The van der Waals surface area contributed by atoms with Gasteiger partial charge in [0.05, 0.1) is 18.6 Å². The van der Waals surface area contributed by atoms with Gasteiger partial charge in [-0.1, -0.05) is 26.8 Å². The highest BCUT2D eigenvalue weighted by molar-refractivity contribution is 5.81. The fourth-order valence-corrected chi connectivity index (χ4v) is 1.57. The number of rotatable bonds is 10. The van der Waals surface area contributed by atoms with E-state index in [4.69, 9.17) is 4.74 Å². The summed E-state index contributed by atoms with van der Waals surface area (Å²) in [5.74, 6) is -0.870. The Bertz CT molecular complexity index is 288. The van der Waals surface area contributed by atoms with Crippen LogP contribution in [0.3, 0.4) is 0 Å². The van der Waals surface area contributed by atoms with Crippen molar-refractivity contribution in [2.75, 3.05) is 13.2 Å². The highest BCUT2D eigenvalue weighted by atomic mass is 16.5. The average molecular weight is 272 g/mol. The van der Waals surface area contributed by atoms with Crippen LogP contribution in [-0.2, 0) is 19.1 Å². The van der Waals surface area contributed by atoms with Gasteiger partial charge in [0.15, 0.2) is 0 Å². The second-order valence-electron chi connectivity index (χ2n) is 4.34. The molecule has 1 N–H and O–H groups in total. The lowest BCUT2D eigenvalue weighted by atomic mass is 10.0. The van der Waals surface area contributed by atoms with Crippen LogP contribution in [0.5, 0.6) is 0 Å². The summed E-state index contributed by atoms with van der Waals surface area (Å²) >= 11 is 0. The number of aliphatic hydroxyl groups excluding tert-OH is 1. The maximum atomic E-state index is 11.7. The Morgan fingerprint density at radius 2 is 1.95 bits per heavy atom. The number of carbonyl (C=O) groups is 2. The molecule has 0 aliphatic rings. The molecular formula is C14H24O5. The summed E-state index contributed by atoms with van der Waals surface area (Å²) in [5.41, 5.74) is 0. The second kappa shape index (κ2) is 10.6. The normalized spacial score (nSPS) is 13.4. The van der Waals surface area contributed by atoms with Gasteiger partial charge in [0.25, 0.3) is 0 Å². The van der Waals surface area contributed by atoms with E-state index in [1.165, 1.54) is 0 Å². The molecule has 5 nitrogen and oxygen atoms in total. The number of hydrogen-bond acceptors (Lipinski definition) is 5. The van der Waals surface area contributed by atoms with Gasteiger partial charge in [0.1, 0.15) is 6.61 Å². The molecule has 0 saturated heterocycles. The third-order valence-electron chi connectivity index (χ3n) is 2.74. The molecule has 0 amide bonds. The van der Waals surface area contributed by atoms with E-state index in [9.17, 15) is 14.7 Å². The molecular weight excluding hydrogens is 248 g/mol. The molecule has 0 spiro atoms. The topological polar surface area (TPSA) is 72.8 Å². The summed E-state index contributed by atoms with van der Waals surface area (Å²) in [6, 6.07) is 0. The summed E-state index contributed by atoms with van der Waals surface area (Å²) in [7, 11) is 0. The first-order chi connectivity index (χ1) is 9.04. The van der Waals surface area contributed by atoms with Gasteiger partial charge in [-0.25, -0.2) is 4.79 Å². The van der Waals surface area contributed by atoms with E-state index in [1.54, 1.807) is 0 Å². The molecule has 5 heteroatoms. The largest absolute Gasteiger partial charge is 0.465 e. The number of carbonyl (C=O) groups excluding carboxylic acids is 2. The van der Waals surface area contributed by atoms with Gasteiger partial charge < -0.3 is 14.6 Å². The molecule has 2 atom stereocenters. The molecule has 0 aliphatic carbocycles. The lowest BCUT2D eigenvalue weighted by molar-refractivity contribution is -0.151. The van der Waals surface area contributed by atoms with Crippen molar-refractivity contribution in [1.29, 1.82) is 0 Å². The van der Waals surface area contributed by atoms with Gasteiger partial charge >= 0.3 is 11.9 Å². The SMILES string of the molecule is C=CC(=O)OCC(O)CCOC(=O)C(CC)CCC. The summed E-state index contributed by atoms with van der Waals surface area (Å²) < 4.78 is 9.76. The monoisotopic (exact) mass is 272 g/mol. The summed E-state index contributed by atoms with van der Waals surface area (Å²) in [6.07, 6.45) is 2.96. The van der Waals surface area contributed by atoms with Crippen LogP contribution in [-0.4, -0.2) is 36.4 Å². The van der Waals surface area contributed by atoms with Crippen molar-refractivity contribution < 1.29 is 24.2 Å². The van der Waals surface area contributed by atoms with E-state index >= 15 is 0 Å². The van der Waals surface area contributed by atoms with Crippen molar-refractivity contribution in [3.05, 3.63) is 12.7 Å². The van der Waals surface area contributed by atoms with Crippen molar-refractivity contribution in [2.24, 2.45) is 5.92 Å². The van der Waals surface area contributed by atoms with Crippen molar-refractivity contribution in [1.82, 2.24) is 0 Å². The van der Waals surface area contributed by atoms with Crippen molar-refractivity contribution >= 4 is 11.9 Å². The standard InChI is InChI=1S/C14H24O5/c1-4-7-11(5-2)14(17)18-9-8-12(15)10-19-13(16)6-3/h6,11-12,15H,3-5,7-10H2,1-2H3. The molecule has 0 bridgehead atoms. The Hall–Kier alpha value is -1.36. The third-order valence-corrected chi connectivity index (χ3v) is 2.74. The Kier molecular flexibility index (Phi) is 9.80. The van der Waals surface area contributed by atoms with E-state index in [0.29, 0.717) is 0 Å². The third kappa shape index (κ3) is 8.37. The van der Waals surface area contributed by atoms with Gasteiger partial charge in [0, 0.05) is 12.5 Å². The summed E-state index contributed by atoms with van der Waals surface area (Å²) in [5, 5.41) is 9.50. The van der Waals surface area contributed by atoms with Crippen LogP contribution in [0.1, 0.15) is 39.5 Å². The van der Waals surface area contributed by atoms with Crippen LogP contribution < -0.4 is 0 Å². The number of ether oxygens (including phenoxy) is 2. The Balaban J connectivity index is 3.79. The molecule has 0 fully saturated rings. The highest BCUT2D eigenvalue weighted by Gasteiger charge is 2.17. The minimum atomic E-state index is -0.831. The average Bonchev–Trinajstić information content (AvgIpc) is 2.41. The van der Waals surface area contributed by atoms with Gasteiger partial charge in [-0.15, -0.1) is 0 Å². The minimum absolute atomic E-state index is 0.0688. The van der Waals surface area contributed by atoms with Crippen molar-refractivity contribution in [3.8, 4) is 0 Å². The number of esters is 2. The number of hydrogen-bond donors (Lipinski definition) is 1. The molecule has 0 aliphatic heterocycles. The van der Waals surface area contributed by atoms with Gasteiger partial charge in [-0.3, -0.25) is 4.79 Å². The fourth-order valence-electron chi connectivity index (χ4n) is 1.57. The van der Waals surface area contributed by atoms with Crippen LogP contribution in [0.2, 0.25) is 0 Å². The quantitative estimate of drug-likeness (QED) is 0.485. The molecule has 0 rings (SSSR count). The Morgan fingerprint density at radius 3 is 2.47 bits per heavy atom. The van der Waals surface area contributed by atoms with Crippen LogP contribution >= 0.6 is 0 Å². The first kappa shape index (κ1) is 17.6. The second-order valence-corrected chi connectivity index (χ2v) is 4.34. The smallest absolute Gasteiger partial charge is 0.330 e. The van der Waals surface area contributed by atoms with E-state index in [0.717, 1.165) is 25.3 Å². The van der Waals surface area contributed by atoms with Crippen LogP contribution in [0.15, 0.2) is 12.7 Å². The molecule has 0 radical (unpaired) electrons. The predicted octanol–water partition coefficient (Wildman–Crippen LogP) is 1.84. The zero-order valence-electron chi connectivity index (χ0n) is 11.8. The summed E-state index contributed by atoms with van der Waals surface area (Å²) in [6.45, 7) is 7.23. The molecule has 0 aromatic heterocycles. The zero-order valence-corrected chi connectivity index (χ0v) is 11.8. The van der Waals surface area contributed by atoms with E-state index < -0.39 is 12.1 Å². The van der Waals surface area contributed by atoms with Crippen LogP contribution in [0.25, 0.3) is 0 Å². The predicted molar refractivity (Wildman–Crippen MR) is 71.4 cm³/mol. The van der Waals surface area contributed by atoms with Crippen LogP contribution in [0, 0.1) is 5.92 Å². The van der Waals surface area contributed by atoms with Gasteiger partial charge in [-0.2, -0.15) is 0 Å². The summed E-state index contributed by atoms with van der Waals surface area (Å²) in [4.78, 5) is 22.4. The molecule has 0 heterocycles. The molecule has 110 valence electrons. The van der Waals surface area contributed by atoms with E-state index in [2.05, 4.69) is 11.3 Å².